The van der Waals surface area contributed by atoms with Gasteiger partial charge in [0.1, 0.15) is 0 Å². The molecule has 0 bridgehead atoms. The first-order valence-corrected chi connectivity index (χ1v) is 10.5. The minimum absolute atomic E-state index is 0.0202. The van der Waals surface area contributed by atoms with E-state index in [9.17, 15) is 9.59 Å². The van der Waals surface area contributed by atoms with Crippen molar-refractivity contribution in [3.8, 4) is 0 Å². The molecule has 148 valence electrons. The van der Waals surface area contributed by atoms with E-state index < -0.39 is 5.60 Å². The number of carbonyl (C=O) groups is 2. The summed E-state index contributed by atoms with van der Waals surface area (Å²) in [5, 5.41) is 4.04. The lowest BCUT2D eigenvalue weighted by molar-refractivity contribution is -0.171. The van der Waals surface area contributed by atoms with E-state index in [4.69, 9.17) is 9.47 Å². The van der Waals surface area contributed by atoms with Crippen LogP contribution in [-0.2, 0) is 9.47 Å². The third-order valence-electron chi connectivity index (χ3n) is 6.08. The molecule has 0 spiro atoms. The van der Waals surface area contributed by atoms with Gasteiger partial charge in [0.2, 0.25) is 0 Å². The van der Waals surface area contributed by atoms with Crippen LogP contribution in [0.4, 0.5) is 4.79 Å². The van der Waals surface area contributed by atoms with Crippen molar-refractivity contribution in [2.45, 2.75) is 18.9 Å². The zero-order valence-corrected chi connectivity index (χ0v) is 16.5. The van der Waals surface area contributed by atoms with Crippen LogP contribution in [-0.4, -0.2) is 60.3 Å². The monoisotopic (exact) mass is 401 g/mol. The minimum atomic E-state index is -0.448. The Morgan fingerprint density at radius 2 is 2.18 bits per heavy atom. The molecule has 3 aliphatic rings. The van der Waals surface area contributed by atoms with E-state index in [2.05, 4.69) is 10.3 Å². The first-order chi connectivity index (χ1) is 13.5. The largest absolute Gasteiger partial charge is 0.438 e. The van der Waals surface area contributed by atoms with Crippen LogP contribution in [0.5, 0.6) is 0 Å². The van der Waals surface area contributed by atoms with E-state index >= 15 is 0 Å². The lowest BCUT2D eigenvalue weighted by Crippen LogP contribution is -2.52. The lowest BCUT2D eigenvalue weighted by atomic mass is 10.1. The first kappa shape index (κ1) is 17.9. The summed E-state index contributed by atoms with van der Waals surface area (Å²) in [6.07, 6.45) is 4.26. The molecule has 3 fully saturated rings. The molecular formula is C20H23N3O4S. The topological polar surface area (TPSA) is 80.8 Å². The van der Waals surface area contributed by atoms with Crippen molar-refractivity contribution in [3.63, 3.8) is 0 Å². The second kappa shape index (κ2) is 6.70. The predicted octanol–water partition coefficient (Wildman–Crippen LogP) is 2.52. The SMILES string of the molecule is CC1(OC(=O)N2C[C@@H]3[C@@H](CCNC(=O)c4cc5cnccc5s4)[C@@H]3C2)COC1. The molecule has 8 heteroatoms. The number of nitrogens with one attached hydrogen (secondary N) is 1. The maximum absolute atomic E-state index is 12.4. The Morgan fingerprint density at radius 1 is 1.39 bits per heavy atom. The number of pyridine rings is 1. The molecule has 28 heavy (non-hydrogen) atoms. The summed E-state index contributed by atoms with van der Waals surface area (Å²) in [6.45, 7) is 5.08. The molecule has 2 aliphatic heterocycles. The van der Waals surface area contributed by atoms with E-state index in [-0.39, 0.29) is 12.0 Å². The van der Waals surface area contributed by atoms with Crippen molar-refractivity contribution >= 4 is 33.4 Å². The van der Waals surface area contributed by atoms with Crippen LogP contribution < -0.4 is 5.32 Å². The van der Waals surface area contributed by atoms with Crippen molar-refractivity contribution in [1.82, 2.24) is 15.2 Å². The fourth-order valence-corrected chi connectivity index (χ4v) is 5.33. The second-order valence-corrected chi connectivity index (χ2v) is 9.36. The molecule has 3 atom stereocenters. The molecule has 2 saturated heterocycles. The van der Waals surface area contributed by atoms with Crippen molar-refractivity contribution < 1.29 is 19.1 Å². The normalized spacial score (nSPS) is 27.2. The molecule has 7 nitrogen and oxygen atoms in total. The number of rotatable bonds is 5. The highest BCUT2D eigenvalue weighted by molar-refractivity contribution is 7.20. The summed E-state index contributed by atoms with van der Waals surface area (Å²) >= 11 is 1.49. The standard InChI is InChI=1S/C20H23N3O4S/c1-20(10-26-11-20)27-19(25)23-8-14-13(15(14)9-23)2-5-22-18(24)17-6-12-7-21-4-3-16(12)28-17/h3-4,6-7,13-15H,2,5,8-11H2,1H3,(H,22,24)/t13-,14-,15+. The van der Waals surface area contributed by atoms with E-state index in [1.54, 1.807) is 12.4 Å². The van der Waals surface area contributed by atoms with Crippen LogP contribution in [0.3, 0.4) is 0 Å². The molecule has 1 saturated carbocycles. The maximum Gasteiger partial charge on any atom is 0.410 e. The fourth-order valence-electron chi connectivity index (χ4n) is 4.39. The van der Waals surface area contributed by atoms with Gasteiger partial charge in [0.05, 0.1) is 18.1 Å². The highest BCUT2D eigenvalue weighted by Crippen LogP contribution is 2.53. The van der Waals surface area contributed by atoms with Crippen LogP contribution >= 0.6 is 11.3 Å². The first-order valence-electron chi connectivity index (χ1n) is 9.70. The molecule has 2 amide bonds. The van der Waals surface area contributed by atoms with Gasteiger partial charge in [0.25, 0.3) is 5.91 Å². The summed E-state index contributed by atoms with van der Waals surface area (Å²) in [7, 11) is 0. The average Bonchev–Trinajstić information content (AvgIpc) is 3.05. The number of piperidine rings is 1. The number of hydrogen-bond donors (Lipinski definition) is 1. The number of thiophene rings is 1. The Balaban J connectivity index is 1.06. The van der Waals surface area contributed by atoms with Gasteiger partial charge in [-0.05, 0) is 43.2 Å². The van der Waals surface area contributed by atoms with Crippen molar-refractivity contribution in [1.29, 1.82) is 0 Å². The summed E-state index contributed by atoms with van der Waals surface area (Å²) < 4.78 is 11.8. The van der Waals surface area contributed by atoms with Gasteiger partial charge in [-0.15, -0.1) is 11.3 Å². The molecule has 5 rings (SSSR count). The van der Waals surface area contributed by atoms with Crippen LogP contribution in [0, 0.1) is 17.8 Å². The number of ether oxygens (including phenoxy) is 2. The van der Waals surface area contributed by atoms with Crippen LogP contribution in [0.15, 0.2) is 24.5 Å². The molecule has 0 aromatic carbocycles. The van der Waals surface area contributed by atoms with E-state index in [1.807, 2.05) is 24.0 Å². The van der Waals surface area contributed by atoms with Gasteiger partial charge in [0.15, 0.2) is 5.60 Å². The minimum Gasteiger partial charge on any atom is -0.438 e. The Labute approximate surface area is 167 Å². The molecule has 2 aromatic heterocycles. The van der Waals surface area contributed by atoms with Crippen LogP contribution in [0.1, 0.15) is 23.0 Å². The van der Waals surface area contributed by atoms with Gasteiger partial charge in [-0.25, -0.2) is 4.79 Å². The van der Waals surface area contributed by atoms with Crippen molar-refractivity contribution in [3.05, 3.63) is 29.4 Å². The number of amides is 2. The van der Waals surface area contributed by atoms with Crippen molar-refractivity contribution in [2.75, 3.05) is 32.8 Å². The number of likely N-dealkylation sites (tertiary alicyclic amines) is 1. The smallest absolute Gasteiger partial charge is 0.410 e. The van der Waals surface area contributed by atoms with Gasteiger partial charge in [-0.3, -0.25) is 9.78 Å². The third kappa shape index (κ3) is 3.24. The summed E-state index contributed by atoms with van der Waals surface area (Å²) in [5.41, 5.74) is -0.448. The number of aromatic nitrogens is 1. The molecule has 0 unspecified atom stereocenters. The van der Waals surface area contributed by atoms with Gasteiger partial charge in [-0.2, -0.15) is 0 Å². The number of fused-ring (bicyclic) bond motifs is 2. The van der Waals surface area contributed by atoms with Crippen LogP contribution in [0.25, 0.3) is 10.1 Å². The van der Waals surface area contributed by atoms with Gasteiger partial charge in [-0.1, -0.05) is 0 Å². The summed E-state index contributed by atoms with van der Waals surface area (Å²) in [6, 6.07) is 3.82. The fraction of sp³-hybridized carbons (Fsp3) is 0.550. The van der Waals surface area contributed by atoms with E-state index in [0.717, 1.165) is 34.5 Å². The molecular weight excluding hydrogens is 378 g/mol. The highest BCUT2D eigenvalue weighted by atomic mass is 32.1. The number of nitrogens with zero attached hydrogens (tertiary/aromatic N) is 2. The van der Waals surface area contributed by atoms with Crippen LogP contribution in [0.2, 0.25) is 0 Å². The van der Waals surface area contributed by atoms with E-state index in [1.165, 1.54) is 11.3 Å². The summed E-state index contributed by atoms with van der Waals surface area (Å²) in [5.74, 6) is 1.67. The molecule has 0 radical (unpaired) electrons. The highest BCUT2D eigenvalue weighted by Gasteiger charge is 2.56. The van der Waals surface area contributed by atoms with Gasteiger partial charge in [0, 0.05) is 42.1 Å². The lowest BCUT2D eigenvalue weighted by Gasteiger charge is -2.38. The zero-order valence-electron chi connectivity index (χ0n) is 15.7. The molecule has 1 N–H and O–H groups in total. The Morgan fingerprint density at radius 3 is 2.86 bits per heavy atom. The van der Waals surface area contributed by atoms with E-state index in [0.29, 0.717) is 37.5 Å². The summed E-state index contributed by atoms with van der Waals surface area (Å²) in [4.78, 5) is 31.3. The number of carbonyl (C=O) groups excluding carboxylic acids is 2. The maximum atomic E-state index is 12.4. The number of hydrogen-bond acceptors (Lipinski definition) is 6. The molecule has 1 aliphatic carbocycles. The second-order valence-electron chi connectivity index (χ2n) is 8.28. The predicted molar refractivity (Wildman–Crippen MR) is 104 cm³/mol. The zero-order chi connectivity index (χ0) is 19.3. The average molecular weight is 401 g/mol. The Hall–Kier alpha value is -2.19. The van der Waals surface area contributed by atoms with Crippen molar-refractivity contribution in [2.24, 2.45) is 17.8 Å². The van der Waals surface area contributed by atoms with Gasteiger partial charge >= 0.3 is 6.09 Å². The Bertz CT molecular complexity index is 880. The van der Waals surface area contributed by atoms with Gasteiger partial charge < -0.3 is 19.7 Å². The molecule has 2 aromatic rings. The quantitative estimate of drug-likeness (QED) is 0.833. The third-order valence-corrected chi connectivity index (χ3v) is 7.20. The molecule has 4 heterocycles. The Kier molecular flexibility index (Phi) is 4.28.